The molecule has 0 atom stereocenters. The Labute approximate surface area is 107 Å². The fourth-order valence-electron chi connectivity index (χ4n) is 1.36. The van der Waals surface area contributed by atoms with Crippen molar-refractivity contribution < 1.29 is 22.4 Å². The van der Waals surface area contributed by atoms with Gasteiger partial charge in [0.2, 0.25) is 10.0 Å². The number of hydrogen-bond acceptors (Lipinski definition) is 5. The molecule has 0 aliphatic carbocycles. The van der Waals surface area contributed by atoms with Gasteiger partial charge in [-0.2, -0.15) is 4.31 Å². The van der Waals surface area contributed by atoms with E-state index in [1.807, 2.05) is 0 Å². The van der Waals surface area contributed by atoms with Crippen LogP contribution in [0, 0.1) is 0 Å². The van der Waals surface area contributed by atoms with Crippen LogP contribution in [0.15, 0.2) is 22.8 Å². The zero-order valence-corrected chi connectivity index (χ0v) is 11.3. The summed E-state index contributed by atoms with van der Waals surface area (Å²) in [4.78, 5) is 11.4. The highest BCUT2D eigenvalue weighted by Crippen LogP contribution is 2.10. The van der Waals surface area contributed by atoms with Crippen LogP contribution >= 0.6 is 0 Å². The van der Waals surface area contributed by atoms with Crippen LogP contribution in [0.2, 0.25) is 0 Å². The van der Waals surface area contributed by atoms with E-state index in [1.165, 1.54) is 13.2 Å². The first-order valence-electron chi connectivity index (χ1n) is 5.65. The Morgan fingerprint density at radius 3 is 2.67 bits per heavy atom. The molecule has 1 heterocycles. The van der Waals surface area contributed by atoms with Gasteiger partial charge in [-0.1, -0.05) is 0 Å². The molecular formula is C11H17NO5S. The monoisotopic (exact) mass is 275 g/mol. The number of carbonyl (C=O) groups is 1. The van der Waals surface area contributed by atoms with Gasteiger partial charge < -0.3 is 9.15 Å². The first-order chi connectivity index (χ1) is 8.49. The fourth-order valence-corrected chi connectivity index (χ4v) is 2.35. The summed E-state index contributed by atoms with van der Waals surface area (Å²) in [6.07, 6.45) is 1.45. The van der Waals surface area contributed by atoms with Crippen molar-refractivity contribution >= 4 is 16.0 Å². The van der Waals surface area contributed by atoms with Crippen molar-refractivity contribution in [2.24, 2.45) is 0 Å². The first-order valence-corrected chi connectivity index (χ1v) is 7.26. The molecule has 0 aromatic carbocycles. The summed E-state index contributed by atoms with van der Waals surface area (Å²) >= 11 is 0. The Kier molecular flexibility index (Phi) is 5.36. The van der Waals surface area contributed by atoms with Gasteiger partial charge in [0.15, 0.2) is 0 Å². The molecule has 0 saturated heterocycles. The second kappa shape index (κ2) is 6.55. The molecule has 1 rings (SSSR count). The average molecular weight is 275 g/mol. The summed E-state index contributed by atoms with van der Waals surface area (Å²) in [5.74, 6) is -0.162. The maximum Gasteiger partial charge on any atom is 0.321 e. The van der Waals surface area contributed by atoms with E-state index < -0.39 is 16.0 Å². The zero-order valence-electron chi connectivity index (χ0n) is 10.5. The van der Waals surface area contributed by atoms with E-state index in [0.717, 1.165) is 4.31 Å². The lowest BCUT2D eigenvalue weighted by atomic mass is 10.4. The van der Waals surface area contributed by atoms with Gasteiger partial charge in [0.05, 0.1) is 25.2 Å². The van der Waals surface area contributed by atoms with E-state index in [-0.39, 0.29) is 25.4 Å². The molecule has 0 bridgehead atoms. The fraction of sp³-hybridized carbons (Fsp3) is 0.545. The lowest BCUT2D eigenvalue weighted by molar-refractivity contribution is -0.143. The smallest absolute Gasteiger partial charge is 0.321 e. The van der Waals surface area contributed by atoms with E-state index in [2.05, 4.69) is 0 Å². The number of rotatable bonds is 7. The van der Waals surface area contributed by atoms with Gasteiger partial charge in [-0.15, -0.1) is 0 Å². The number of sulfonamides is 1. The SMILES string of the molecule is CCOC(=O)CN(Cc1ccco1)S(=O)(=O)CC. The molecule has 102 valence electrons. The van der Waals surface area contributed by atoms with Crippen molar-refractivity contribution in [3.8, 4) is 0 Å². The van der Waals surface area contributed by atoms with Crippen LogP contribution in [0.4, 0.5) is 0 Å². The Morgan fingerprint density at radius 1 is 1.44 bits per heavy atom. The van der Waals surface area contributed by atoms with E-state index in [0.29, 0.717) is 5.76 Å². The highest BCUT2D eigenvalue weighted by atomic mass is 32.2. The molecule has 7 heteroatoms. The molecule has 6 nitrogen and oxygen atoms in total. The maximum absolute atomic E-state index is 11.8. The maximum atomic E-state index is 11.8. The molecule has 0 unspecified atom stereocenters. The van der Waals surface area contributed by atoms with Gasteiger partial charge in [0, 0.05) is 0 Å². The minimum atomic E-state index is -3.48. The first kappa shape index (κ1) is 14.7. The van der Waals surface area contributed by atoms with Gasteiger partial charge in [0.1, 0.15) is 12.3 Å². The van der Waals surface area contributed by atoms with Gasteiger partial charge >= 0.3 is 5.97 Å². The summed E-state index contributed by atoms with van der Waals surface area (Å²) in [6.45, 7) is 3.14. The van der Waals surface area contributed by atoms with Crippen LogP contribution < -0.4 is 0 Å². The molecule has 18 heavy (non-hydrogen) atoms. The quantitative estimate of drug-likeness (QED) is 0.694. The minimum Gasteiger partial charge on any atom is -0.468 e. The molecule has 0 amide bonds. The van der Waals surface area contributed by atoms with Crippen LogP contribution in [0.25, 0.3) is 0 Å². The Hall–Kier alpha value is -1.34. The van der Waals surface area contributed by atoms with Gasteiger partial charge in [0.25, 0.3) is 0 Å². The van der Waals surface area contributed by atoms with Crippen molar-refractivity contribution in [3.05, 3.63) is 24.2 Å². The van der Waals surface area contributed by atoms with Gasteiger partial charge in [-0.25, -0.2) is 8.42 Å². The summed E-state index contributed by atoms with van der Waals surface area (Å²) in [7, 11) is -3.48. The minimum absolute atomic E-state index is 0.0297. The summed E-state index contributed by atoms with van der Waals surface area (Å²) in [5.41, 5.74) is 0. The van der Waals surface area contributed by atoms with E-state index in [1.54, 1.807) is 19.1 Å². The van der Waals surface area contributed by atoms with Crippen LogP contribution in [0.3, 0.4) is 0 Å². The molecule has 0 aliphatic heterocycles. The highest BCUT2D eigenvalue weighted by molar-refractivity contribution is 7.89. The molecule has 1 aromatic heterocycles. The molecule has 0 radical (unpaired) electrons. The molecule has 0 aliphatic rings. The number of nitrogens with zero attached hydrogens (tertiary/aromatic N) is 1. The molecule has 0 saturated carbocycles. The largest absolute Gasteiger partial charge is 0.468 e. The van der Waals surface area contributed by atoms with Gasteiger partial charge in [-0.3, -0.25) is 4.79 Å². The second-order valence-electron chi connectivity index (χ2n) is 3.55. The van der Waals surface area contributed by atoms with E-state index in [9.17, 15) is 13.2 Å². The lowest BCUT2D eigenvalue weighted by Crippen LogP contribution is -2.36. The van der Waals surface area contributed by atoms with Crippen LogP contribution in [0.1, 0.15) is 19.6 Å². The molecule has 1 aromatic rings. The normalized spacial score (nSPS) is 11.7. The third kappa shape index (κ3) is 4.15. The number of hydrogen-bond donors (Lipinski definition) is 0. The predicted molar refractivity (Wildman–Crippen MR) is 65.2 cm³/mol. The predicted octanol–water partition coefficient (Wildman–Crippen LogP) is 0.994. The van der Waals surface area contributed by atoms with Crippen LogP contribution in [-0.2, 0) is 26.1 Å². The third-order valence-electron chi connectivity index (χ3n) is 2.28. The lowest BCUT2D eigenvalue weighted by Gasteiger charge is -2.19. The van der Waals surface area contributed by atoms with Crippen molar-refractivity contribution in [2.75, 3.05) is 18.9 Å². The van der Waals surface area contributed by atoms with Crippen molar-refractivity contribution in [2.45, 2.75) is 20.4 Å². The van der Waals surface area contributed by atoms with E-state index in [4.69, 9.17) is 9.15 Å². The second-order valence-corrected chi connectivity index (χ2v) is 5.81. The molecular weight excluding hydrogens is 258 g/mol. The number of carbonyl (C=O) groups excluding carboxylic acids is 1. The van der Waals surface area contributed by atoms with Crippen LogP contribution in [0.5, 0.6) is 0 Å². The Morgan fingerprint density at radius 2 is 2.17 bits per heavy atom. The Bertz CT molecular complexity index is 466. The molecule has 0 fully saturated rings. The van der Waals surface area contributed by atoms with E-state index >= 15 is 0 Å². The summed E-state index contributed by atoms with van der Waals surface area (Å²) in [5, 5.41) is 0. The van der Waals surface area contributed by atoms with Crippen molar-refractivity contribution in [1.29, 1.82) is 0 Å². The van der Waals surface area contributed by atoms with Crippen molar-refractivity contribution in [1.82, 2.24) is 4.31 Å². The number of ether oxygens (including phenoxy) is 1. The molecule has 0 N–H and O–H groups in total. The highest BCUT2D eigenvalue weighted by Gasteiger charge is 2.24. The standard InChI is InChI=1S/C11H17NO5S/c1-3-16-11(13)9-12(18(14,15)4-2)8-10-6-5-7-17-10/h5-7H,3-4,8-9H2,1-2H3. The molecule has 0 spiro atoms. The summed E-state index contributed by atoms with van der Waals surface area (Å²) < 4.78 is 34.6. The Balaban J connectivity index is 2.79. The zero-order chi connectivity index (χ0) is 13.6. The van der Waals surface area contributed by atoms with Gasteiger partial charge in [-0.05, 0) is 26.0 Å². The summed E-state index contributed by atoms with van der Waals surface area (Å²) in [6, 6.07) is 3.32. The number of furan rings is 1. The topological polar surface area (TPSA) is 76.8 Å². The van der Waals surface area contributed by atoms with Crippen molar-refractivity contribution in [3.63, 3.8) is 0 Å². The third-order valence-corrected chi connectivity index (χ3v) is 4.06. The van der Waals surface area contributed by atoms with Crippen LogP contribution in [-0.4, -0.2) is 37.6 Å². The average Bonchev–Trinajstić information content (AvgIpc) is 2.81. The number of esters is 1.